The van der Waals surface area contributed by atoms with Gasteiger partial charge >= 0.3 is 0 Å². The number of nitrogens with zero attached hydrogens (tertiary/aromatic N) is 4. The quantitative estimate of drug-likeness (QED) is 0.598. The highest BCUT2D eigenvalue weighted by molar-refractivity contribution is 5.88. The van der Waals surface area contributed by atoms with Crippen LogP contribution in [0, 0.1) is 0 Å². The largest absolute Gasteiger partial charge is 0.361 e. The molecule has 28 heavy (non-hydrogen) atoms. The summed E-state index contributed by atoms with van der Waals surface area (Å²) in [4.78, 5) is 20.4. The lowest BCUT2D eigenvalue weighted by atomic mass is 10.1. The van der Waals surface area contributed by atoms with E-state index in [1.807, 2.05) is 52.1 Å². The van der Waals surface area contributed by atoms with Crippen molar-refractivity contribution in [3.8, 4) is 0 Å². The van der Waals surface area contributed by atoms with Gasteiger partial charge in [0.25, 0.3) is 0 Å². The normalized spacial score (nSPS) is 15.5. The molecule has 0 radical (unpaired) electrons. The standard InChI is InChI=1S/C22H23N5O/c28-22(13-17-15-23-21-7-2-1-6-20(17)21)26-11-9-25(10-12-26)16-18-14-19-5-3-4-8-27(19)24-18/h1-8,14-15,23H,9-13,16H2. The van der Waals surface area contributed by atoms with Crippen molar-refractivity contribution in [1.29, 1.82) is 0 Å². The van der Waals surface area contributed by atoms with Crippen molar-refractivity contribution in [3.05, 3.63) is 72.2 Å². The third kappa shape index (κ3) is 3.27. The fraction of sp³-hybridized carbons (Fsp3) is 0.273. The molecule has 1 aromatic carbocycles. The zero-order valence-corrected chi connectivity index (χ0v) is 15.7. The number of benzene rings is 1. The van der Waals surface area contributed by atoms with Crippen LogP contribution < -0.4 is 0 Å². The minimum Gasteiger partial charge on any atom is -0.361 e. The lowest BCUT2D eigenvalue weighted by Gasteiger charge is -2.34. The smallest absolute Gasteiger partial charge is 0.227 e. The molecule has 0 aliphatic carbocycles. The van der Waals surface area contributed by atoms with Crippen LogP contribution in [-0.4, -0.2) is 56.5 Å². The lowest BCUT2D eigenvalue weighted by Crippen LogP contribution is -2.48. The van der Waals surface area contributed by atoms with E-state index in [0.29, 0.717) is 6.42 Å². The molecule has 1 N–H and O–H groups in total. The predicted octanol–water partition coefficient (Wildman–Crippen LogP) is 2.70. The van der Waals surface area contributed by atoms with Crippen LogP contribution in [0.1, 0.15) is 11.3 Å². The summed E-state index contributed by atoms with van der Waals surface area (Å²) in [5, 5.41) is 5.77. The Morgan fingerprint density at radius 2 is 1.86 bits per heavy atom. The molecule has 0 saturated carbocycles. The van der Waals surface area contributed by atoms with E-state index in [-0.39, 0.29) is 5.91 Å². The first-order valence-electron chi connectivity index (χ1n) is 9.75. The zero-order chi connectivity index (χ0) is 18.9. The highest BCUT2D eigenvalue weighted by Gasteiger charge is 2.22. The average Bonchev–Trinajstić information content (AvgIpc) is 3.32. The second-order valence-electron chi connectivity index (χ2n) is 7.40. The number of piperazine rings is 1. The molecule has 1 fully saturated rings. The number of rotatable bonds is 4. The summed E-state index contributed by atoms with van der Waals surface area (Å²) in [5.74, 6) is 0.206. The van der Waals surface area contributed by atoms with Gasteiger partial charge in [-0.25, -0.2) is 4.52 Å². The molecule has 3 aromatic heterocycles. The van der Waals surface area contributed by atoms with Gasteiger partial charge in [0.15, 0.2) is 0 Å². The fourth-order valence-electron chi connectivity index (χ4n) is 4.01. The Bertz CT molecular complexity index is 1090. The molecule has 0 spiro atoms. The Hall–Kier alpha value is -3.12. The minimum absolute atomic E-state index is 0.206. The van der Waals surface area contributed by atoms with E-state index in [2.05, 4.69) is 33.2 Å². The number of H-pyrrole nitrogens is 1. The Kier molecular flexibility index (Phi) is 4.33. The van der Waals surface area contributed by atoms with Gasteiger partial charge in [-0.15, -0.1) is 0 Å². The fourth-order valence-corrected chi connectivity index (χ4v) is 4.01. The van der Waals surface area contributed by atoms with Gasteiger partial charge in [-0.05, 0) is 29.8 Å². The molecule has 1 amide bonds. The van der Waals surface area contributed by atoms with Gasteiger partial charge in [-0.1, -0.05) is 24.3 Å². The van der Waals surface area contributed by atoms with Crippen LogP contribution in [0.15, 0.2) is 60.9 Å². The maximum absolute atomic E-state index is 12.8. The third-order valence-corrected chi connectivity index (χ3v) is 5.55. The van der Waals surface area contributed by atoms with E-state index in [9.17, 15) is 4.79 Å². The molecule has 0 unspecified atom stereocenters. The molecular formula is C22H23N5O. The van der Waals surface area contributed by atoms with Crippen molar-refractivity contribution in [3.63, 3.8) is 0 Å². The number of fused-ring (bicyclic) bond motifs is 2. The van der Waals surface area contributed by atoms with Crippen LogP contribution in [0.2, 0.25) is 0 Å². The summed E-state index contributed by atoms with van der Waals surface area (Å²) in [6.07, 6.45) is 4.39. The van der Waals surface area contributed by atoms with Crippen LogP contribution in [0.25, 0.3) is 16.4 Å². The van der Waals surface area contributed by atoms with Crippen molar-refractivity contribution < 1.29 is 4.79 Å². The minimum atomic E-state index is 0.206. The van der Waals surface area contributed by atoms with E-state index in [1.54, 1.807) is 0 Å². The number of hydrogen-bond acceptors (Lipinski definition) is 3. The molecule has 0 atom stereocenters. The number of amides is 1. The van der Waals surface area contributed by atoms with Crippen LogP contribution in [0.3, 0.4) is 0 Å². The Morgan fingerprint density at radius 1 is 1.04 bits per heavy atom. The number of nitrogens with one attached hydrogen (secondary N) is 1. The Morgan fingerprint density at radius 3 is 2.71 bits per heavy atom. The van der Waals surface area contributed by atoms with E-state index in [0.717, 1.165) is 60.4 Å². The highest BCUT2D eigenvalue weighted by Crippen LogP contribution is 2.19. The van der Waals surface area contributed by atoms with Crippen molar-refractivity contribution in [1.82, 2.24) is 24.4 Å². The van der Waals surface area contributed by atoms with Gasteiger partial charge in [-0.3, -0.25) is 9.69 Å². The van der Waals surface area contributed by atoms with E-state index in [4.69, 9.17) is 0 Å². The maximum atomic E-state index is 12.8. The Labute approximate surface area is 163 Å². The molecule has 0 bridgehead atoms. The van der Waals surface area contributed by atoms with E-state index >= 15 is 0 Å². The first-order valence-corrected chi connectivity index (χ1v) is 9.75. The number of carbonyl (C=O) groups is 1. The van der Waals surface area contributed by atoms with Gasteiger partial charge in [-0.2, -0.15) is 5.10 Å². The Balaban J connectivity index is 1.19. The SMILES string of the molecule is O=C(Cc1c[nH]c2ccccc12)N1CCN(Cc2cc3ccccn3n2)CC1. The number of hydrogen-bond donors (Lipinski definition) is 1. The third-order valence-electron chi connectivity index (χ3n) is 5.55. The average molecular weight is 373 g/mol. The summed E-state index contributed by atoms with van der Waals surface area (Å²) in [7, 11) is 0. The number of aromatic amines is 1. The summed E-state index contributed by atoms with van der Waals surface area (Å²) in [6, 6.07) is 16.4. The molecule has 6 nitrogen and oxygen atoms in total. The topological polar surface area (TPSA) is 56.6 Å². The van der Waals surface area contributed by atoms with Crippen molar-refractivity contribution >= 4 is 22.3 Å². The van der Waals surface area contributed by atoms with Gasteiger partial charge in [0.1, 0.15) is 0 Å². The molecular weight excluding hydrogens is 350 g/mol. The molecule has 4 heterocycles. The molecule has 1 saturated heterocycles. The summed E-state index contributed by atoms with van der Waals surface area (Å²) < 4.78 is 1.91. The van der Waals surface area contributed by atoms with Crippen molar-refractivity contribution in [2.45, 2.75) is 13.0 Å². The lowest BCUT2D eigenvalue weighted by molar-refractivity contribution is -0.132. The van der Waals surface area contributed by atoms with Crippen molar-refractivity contribution in [2.24, 2.45) is 0 Å². The molecule has 6 heteroatoms. The van der Waals surface area contributed by atoms with Crippen LogP contribution in [0.5, 0.6) is 0 Å². The highest BCUT2D eigenvalue weighted by atomic mass is 16.2. The van der Waals surface area contributed by atoms with Crippen LogP contribution >= 0.6 is 0 Å². The number of aromatic nitrogens is 3. The summed E-state index contributed by atoms with van der Waals surface area (Å²) >= 11 is 0. The van der Waals surface area contributed by atoms with Crippen LogP contribution in [-0.2, 0) is 17.8 Å². The second-order valence-corrected chi connectivity index (χ2v) is 7.40. The first kappa shape index (κ1) is 17.0. The van der Waals surface area contributed by atoms with Gasteiger partial charge in [0, 0.05) is 56.0 Å². The number of pyridine rings is 1. The van der Waals surface area contributed by atoms with Gasteiger partial charge < -0.3 is 9.88 Å². The summed E-state index contributed by atoms with van der Waals surface area (Å²) in [6.45, 7) is 4.14. The molecule has 1 aliphatic heterocycles. The number of carbonyl (C=O) groups excluding carboxylic acids is 1. The molecule has 5 rings (SSSR count). The van der Waals surface area contributed by atoms with Gasteiger partial charge in [0.2, 0.25) is 5.91 Å². The second kappa shape index (κ2) is 7.13. The molecule has 4 aromatic rings. The van der Waals surface area contributed by atoms with E-state index in [1.165, 1.54) is 0 Å². The van der Waals surface area contributed by atoms with Crippen LogP contribution in [0.4, 0.5) is 0 Å². The predicted molar refractivity (Wildman–Crippen MR) is 109 cm³/mol. The molecule has 1 aliphatic rings. The van der Waals surface area contributed by atoms with E-state index < -0.39 is 0 Å². The monoisotopic (exact) mass is 373 g/mol. The molecule has 142 valence electrons. The first-order chi connectivity index (χ1) is 13.8. The number of para-hydroxylation sites is 1. The maximum Gasteiger partial charge on any atom is 0.227 e. The summed E-state index contributed by atoms with van der Waals surface area (Å²) in [5.41, 5.74) is 4.35. The zero-order valence-electron chi connectivity index (χ0n) is 15.7. The van der Waals surface area contributed by atoms with Gasteiger partial charge in [0.05, 0.1) is 17.6 Å². The van der Waals surface area contributed by atoms with Crippen molar-refractivity contribution in [2.75, 3.05) is 26.2 Å².